The van der Waals surface area contributed by atoms with Gasteiger partial charge in [0.1, 0.15) is 5.82 Å². The van der Waals surface area contributed by atoms with Crippen LogP contribution in [0.3, 0.4) is 0 Å². The van der Waals surface area contributed by atoms with Crippen LogP contribution in [0.5, 0.6) is 0 Å². The van der Waals surface area contributed by atoms with E-state index in [1.165, 1.54) is 12.5 Å². The number of benzene rings is 2. The Kier molecular flexibility index (Phi) is 3.69. The number of carbonyl (C=O) groups is 1. The van der Waals surface area contributed by atoms with Crippen LogP contribution in [0.2, 0.25) is 0 Å². The van der Waals surface area contributed by atoms with Gasteiger partial charge in [0.05, 0.1) is 17.6 Å². The maximum atomic E-state index is 11.2. The molecule has 0 aliphatic rings. The van der Waals surface area contributed by atoms with E-state index in [4.69, 9.17) is 0 Å². The number of fused-ring (bicyclic) bond motifs is 1. The summed E-state index contributed by atoms with van der Waals surface area (Å²) in [4.78, 5) is 15.8. The minimum atomic E-state index is -0.0479. The molecule has 0 radical (unpaired) electrons. The smallest absolute Gasteiger partial charge is 0.217 e. The first-order chi connectivity index (χ1) is 10.2. The van der Waals surface area contributed by atoms with Crippen LogP contribution in [0.15, 0.2) is 54.6 Å². The quantitative estimate of drug-likeness (QED) is 0.798. The molecule has 0 aliphatic heterocycles. The molecule has 0 fully saturated rings. The standard InChI is InChI=1S/C17H17N3O/c1-13(21)18-11-17-19-15-9-5-6-10-16(15)20(17)12-14-7-3-2-4-8-14/h2-10H,11-12H2,1H3,(H,18,21). The molecule has 0 spiro atoms. The maximum absolute atomic E-state index is 11.2. The van der Waals surface area contributed by atoms with Crippen LogP contribution in [0.25, 0.3) is 11.0 Å². The molecule has 0 saturated heterocycles. The van der Waals surface area contributed by atoms with E-state index in [1.807, 2.05) is 36.4 Å². The van der Waals surface area contributed by atoms with Crippen molar-refractivity contribution in [2.45, 2.75) is 20.0 Å². The van der Waals surface area contributed by atoms with E-state index in [0.717, 1.165) is 23.4 Å². The Hall–Kier alpha value is -2.62. The van der Waals surface area contributed by atoms with Gasteiger partial charge in [-0.3, -0.25) is 4.79 Å². The molecule has 3 aromatic rings. The third kappa shape index (κ3) is 2.94. The molecule has 1 aromatic heterocycles. The molecule has 106 valence electrons. The minimum absolute atomic E-state index is 0.0479. The number of imidazole rings is 1. The van der Waals surface area contributed by atoms with E-state index >= 15 is 0 Å². The fraction of sp³-hybridized carbons (Fsp3) is 0.176. The van der Waals surface area contributed by atoms with Gasteiger partial charge in [0, 0.05) is 13.5 Å². The molecular weight excluding hydrogens is 262 g/mol. The van der Waals surface area contributed by atoms with Crippen molar-refractivity contribution in [3.63, 3.8) is 0 Å². The van der Waals surface area contributed by atoms with Gasteiger partial charge in [-0.2, -0.15) is 0 Å². The minimum Gasteiger partial charge on any atom is -0.349 e. The van der Waals surface area contributed by atoms with Gasteiger partial charge >= 0.3 is 0 Å². The molecule has 0 bridgehead atoms. The molecule has 4 heteroatoms. The Morgan fingerprint density at radius 1 is 1.10 bits per heavy atom. The first kappa shape index (κ1) is 13.4. The fourth-order valence-corrected chi connectivity index (χ4v) is 2.41. The second-order valence-electron chi connectivity index (χ2n) is 5.00. The molecule has 1 heterocycles. The summed E-state index contributed by atoms with van der Waals surface area (Å²) in [5.74, 6) is 0.823. The van der Waals surface area contributed by atoms with Crippen molar-refractivity contribution < 1.29 is 4.79 Å². The molecule has 3 rings (SSSR count). The van der Waals surface area contributed by atoms with Gasteiger partial charge in [-0.05, 0) is 17.7 Å². The first-order valence-electron chi connectivity index (χ1n) is 6.96. The third-order valence-corrected chi connectivity index (χ3v) is 3.41. The number of hydrogen-bond acceptors (Lipinski definition) is 2. The second-order valence-corrected chi connectivity index (χ2v) is 5.00. The van der Waals surface area contributed by atoms with Crippen molar-refractivity contribution in [3.05, 3.63) is 66.0 Å². The molecule has 21 heavy (non-hydrogen) atoms. The van der Waals surface area contributed by atoms with Crippen molar-refractivity contribution >= 4 is 16.9 Å². The number of para-hydroxylation sites is 2. The zero-order chi connectivity index (χ0) is 14.7. The summed E-state index contributed by atoms with van der Waals surface area (Å²) in [6.45, 7) is 2.71. The molecule has 4 nitrogen and oxygen atoms in total. The second kappa shape index (κ2) is 5.79. The van der Waals surface area contributed by atoms with E-state index < -0.39 is 0 Å². The van der Waals surface area contributed by atoms with E-state index in [2.05, 4.69) is 33.1 Å². The van der Waals surface area contributed by atoms with Crippen LogP contribution in [-0.4, -0.2) is 15.5 Å². The van der Waals surface area contributed by atoms with Crippen LogP contribution in [0.1, 0.15) is 18.3 Å². The maximum Gasteiger partial charge on any atom is 0.217 e. The summed E-state index contributed by atoms with van der Waals surface area (Å²) in [6, 6.07) is 18.3. The highest BCUT2D eigenvalue weighted by Gasteiger charge is 2.10. The van der Waals surface area contributed by atoms with Crippen LogP contribution in [0, 0.1) is 0 Å². The largest absolute Gasteiger partial charge is 0.349 e. The molecular formula is C17H17N3O. The molecule has 1 N–H and O–H groups in total. The van der Waals surface area contributed by atoms with Gasteiger partial charge in [0.15, 0.2) is 0 Å². The summed E-state index contributed by atoms with van der Waals surface area (Å²) in [6.07, 6.45) is 0. The average molecular weight is 279 g/mol. The number of rotatable bonds is 4. The predicted octanol–water partition coefficient (Wildman–Crippen LogP) is 2.72. The topological polar surface area (TPSA) is 46.9 Å². The van der Waals surface area contributed by atoms with Gasteiger partial charge in [-0.1, -0.05) is 42.5 Å². The van der Waals surface area contributed by atoms with Gasteiger partial charge in [-0.15, -0.1) is 0 Å². The first-order valence-corrected chi connectivity index (χ1v) is 6.96. The highest BCUT2D eigenvalue weighted by atomic mass is 16.1. The fourth-order valence-electron chi connectivity index (χ4n) is 2.41. The van der Waals surface area contributed by atoms with Gasteiger partial charge in [0.2, 0.25) is 5.91 Å². The van der Waals surface area contributed by atoms with E-state index in [-0.39, 0.29) is 5.91 Å². The summed E-state index contributed by atoms with van der Waals surface area (Å²) in [5.41, 5.74) is 3.25. The monoisotopic (exact) mass is 279 g/mol. The third-order valence-electron chi connectivity index (χ3n) is 3.41. The van der Waals surface area contributed by atoms with Crippen LogP contribution < -0.4 is 5.32 Å². The van der Waals surface area contributed by atoms with E-state index in [9.17, 15) is 4.79 Å². The zero-order valence-electron chi connectivity index (χ0n) is 11.9. The molecule has 0 atom stereocenters. The number of nitrogens with one attached hydrogen (secondary N) is 1. The molecule has 1 amide bonds. The lowest BCUT2D eigenvalue weighted by atomic mass is 10.2. The Morgan fingerprint density at radius 2 is 1.81 bits per heavy atom. The van der Waals surface area contributed by atoms with Gasteiger partial charge in [-0.25, -0.2) is 4.98 Å². The number of aromatic nitrogens is 2. The lowest BCUT2D eigenvalue weighted by molar-refractivity contribution is -0.119. The van der Waals surface area contributed by atoms with Crippen LogP contribution >= 0.6 is 0 Å². The van der Waals surface area contributed by atoms with Crippen molar-refractivity contribution in [1.82, 2.24) is 14.9 Å². The van der Waals surface area contributed by atoms with Crippen LogP contribution in [-0.2, 0) is 17.9 Å². The van der Waals surface area contributed by atoms with Crippen molar-refractivity contribution in [2.24, 2.45) is 0 Å². The normalized spacial score (nSPS) is 10.7. The SMILES string of the molecule is CC(=O)NCc1nc2ccccc2n1Cc1ccccc1. The average Bonchev–Trinajstić information content (AvgIpc) is 2.84. The lowest BCUT2D eigenvalue weighted by Gasteiger charge is -2.09. The van der Waals surface area contributed by atoms with Crippen molar-refractivity contribution in [1.29, 1.82) is 0 Å². The number of amides is 1. The molecule has 0 aliphatic carbocycles. The zero-order valence-corrected chi connectivity index (χ0v) is 11.9. The van der Waals surface area contributed by atoms with Crippen molar-refractivity contribution in [2.75, 3.05) is 0 Å². The van der Waals surface area contributed by atoms with Crippen molar-refractivity contribution in [3.8, 4) is 0 Å². The summed E-state index contributed by atoms with van der Waals surface area (Å²) >= 11 is 0. The Balaban J connectivity index is 2.00. The van der Waals surface area contributed by atoms with Gasteiger partial charge in [0.25, 0.3) is 0 Å². The van der Waals surface area contributed by atoms with E-state index in [0.29, 0.717) is 6.54 Å². The number of carbonyl (C=O) groups excluding carboxylic acids is 1. The predicted molar refractivity (Wildman–Crippen MR) is 82.8 cm³/mol. The van der Waals surface area contributed by atoms with Gasteiger partial charge < -0.3 is 9.88 Å². The molecule has 0 unspecified atom stereocenters. The highest BCUT2D eigenvalue weighted by Crippen LogP contribution is 2.18. The summed E-state index contributed by atoms with van der Waals surface area (Å²) in [5, 5.41) is 2.83. The number of hydrogen-bond donors (Lipinski definition) is 1. The number of nitrogens with zero attached hydrogens (tertiary/aromatic N) is 2. The molecule has 2 aromatic carbocycles. The van der Waals surface area contributed by atoms with Crippen LogP contribution in [0.4, 0.5) is 0 Å². The molecule has 0 saturated carbocycles. The Labute approximate surface area is 123 Å². The Bertz CT molecular complexity index is 762. The summed E-state index contributed by atoms with van der Waals surface area (Å²) in [7, 11) is 0. The Morgan fingerprint density at radius 3 is 2.57 bits per heavy atom. The van der Waals surface area contributed by atoms with E-state index in [1.54, 1.807) is 0 Å². The highest BCUT2D eigenvalue weighted by molar-refractivity contribution is 5.76. The summed E-state index contributed by atoms with van der Waals surface area (Å²) < 4.78 is 2.15. The lowest BCUT2D eigenvalue weighted by Crippen LogP contribution is -2.21.